The second kappa shape index (κ2) is 5.47. The minimum Gasteiger partial charge on any atom is -0.508 e. The van der Waals surface area contributed by atoms with Crippen LogP contribution < -0.4 is 5.73 Å². The predicted octanol–water partition coefficient (Wildman–Crippen LogP) is 1.65. The fourth-order valence-electron chi connectivity index (χ4n) is 2.71. The Labute approximate surface area is 122 Å². The van der Waals surface area contributed by atoms with Crippen molar-refractivity contribution in [1.82, 2.24) is 14.7 Å². The van der Waals surface area contributed by atoms with Gasteiger partial charge >= 0.3 is 0 Å². The monoisotopic (exact) mass is 286 g/mol. The number of anilines is 1. The van der Waals surface area contributed by atoms with Crippen molar-refractivity contribution >= 4 is 11.7 Å². The minimum absolute atomic E-state index is 0.0377. The van der Waals surface area contributed by atoms with E-state index in [1.165, 1.54) is 6.07 Å². The van der Waals surface area contributed by atoms with Gasteiger partial charge in [0.1, 0.15) is 11.6 Å². The number of carbonyl (C=O) groups excluding carboxylic acids is 1. The van der Waals surface area contributed by atoms with Gasteiger partial charge in [0.05, 0.1) is 6.04 Å². The van der Waals surface area contributed by atoms with E-state index in [4.69, 9.17) is 5.73 Å². The maximum atomic E-state index is 12.4. The molecule has 0 spiro atoms. The first-order valence-electron chi connectivity index (χ1n) is 7.02. The standard InChI is InChI=1S/C15H18N4O2/c16-14-6-9-19(17-14)12-4-7-18(8-5-12)15(21)11-2-1-3-13(20)10-11/h1-3,6,9-10,12,20H,4-5,7-8H2,(H2,16,17). The van der Waals surface area contributed by atoms with Gasteiger partial charge in [-0.3, -0.25) is 9.48 Å². The summed E-state index contributed by atoms with van der Waals surface area (Å²) >= 11 is 0. The largest absolute Gasteiger partial charge is 0.508 e. The van der Waals surface area contributed by atoms with Crippen molar-refractivity contribution in [3.63, 3.8) is 0 Å². The molecule has 21 heavy (non-hydrogen) atoms. The molecule has 6 heteroatoms. The highest BCUT2D eigenvalue weighted by Gasteiger charge is 2.25. The van der Waals surface area contributed by atoms with Gasteiger partial charge in [-0.25, -0.2) is 0 Å². The summed E-state index contributed by atoms with van der Waals surface area (Å²) in [4.78, 5) is 14.2. The van der Waals surface area contributed by atoms with Crippen molar-refractivity contribution in [2.24, 2.45) is 0 Å². The average molecular weight is 286 g/mol. The maximum Gasteiger partial charge on any atom is 0.253 e. The lowest BCUT2D eigenvalue weighted by atomic mass is 10.0. The third-order valence-corrected chi connectivity index (χ3v) is 3.85. The van der Waals surface area contributed by atoms with E-state index in [1.807, 2.05) is 15.8 Å². The number of hydrogen-bond acceptors (Lipinski definition) is 4. The van der Waals surface area contributed by atoms with Gasteiger partial charge in [0, 0.05) is 24.8 Å². The van der Waals surface area contributed by atoms with Gasteiger partial charge in [0.25, 0.3) is 5.91 Å². The zero-order valence-corrected chi connectivity index (χ0v) is 11.6. The Morgan fingerprint density at radius 1 is 1.29 bits per heavy atom. The normalized spacial score (nSPS) is 16.1. The van der Waals surface area contributed by atoms with Gasteiger partial charge in [-0.05, 0) is 37.1 Å². The first-order valence-corrected chi connectivity index (χ1v) is 7.02. The van der Waals surface area contributed by atoms with Crippen molar-refractivity contribution in [1.29, 1.82) is 0 Å². The number of carbonyl (C=O) groups is 1. The topological polar surface area (TPSA) is 84.4 Å². The van der Waals surface area contributed by atoms with Gasteiger partial charge < -0.3 is 15.7 Å². The summed E-state index contributed by atoms with van der Waals surface area (Å²) in [6.07, 6.45) is 3.59. The number of likely N-dealkylation sites (tertiary alicyclic amines) is 1. The van der Waals surface area contributed by atoms with Crippen LogP contribution in [0.15, 0.2) is 36.5 Å². The van der Waals surface area contributed by atoms with Crippen LogP contribution >= 0.6 is 0 Å². The molecule has 0 unspecified atom stereocenters. The summed E-state index contributed by atoms with van der Waals surface area (Å²) in [7, 11) is 0. The molecule has 6 nitrogen and oxygen atoms in total. The van der Waals surface area contributed by atoms with Crippen molar-refractivity contribution in [3.8, 4) is 5.75 Å². The predicted molar refractivity (Wildman–Crippen MR) is 78.9 cm³/mol. The number of nitrogens with zero attached hydrogens (tertiary/aromatic N) is 3. The second-order valence-electron chi connectivity index (χ2n) is 5.29. The Morgan fingerprint density at radius 3 is 2.67 bits per heavy atom. The molecule has 0 aliphatic carbocycles. The van der Waals surface area contributed by atoms with Crippen LogP contribution in [0.25, 0.3) is 0 Å². The van der Waals surface area contributed by atoms with E-state index in [0.717, 1.165) is 12.8 Å². The van der Waals surface area contributed by atoms with Crippen LogP contribution in [-0.2, 0) is 0 Å². The first kappa shape index (κ1) is 13.5. The number of amides is 1. The van der Waals surface area contributed by atoms with Crippen molar-refractivity contribution in [3.05, 3.63) is 42.1 Å². The fourth-order valence-corrected chi connectivity index (χ4v) is 2.71. The zero-order valence-electron chi connectivity index (χ0n) is 11.6. The second-order valence-corrected chi connectivity index (χ2v) is 5.29. The Kier molecular flexibility index (Phi) is 3.51. The molecule has 110 valence electrons. The maximum absolute atomic E-state index is 12.4. The highest BCUT2D eigenvalue weighted by molar-refractivity contribution is 5.94. The van der Waals surface area contributed by atoms with E-state index in [2.05, 4.69) is 5.10 Å². The van der Waals surface area contributed by atoms with E-state index in [9.17, 15) is 9.90 Å². The van der Waals surface area contributed by atoms with Crippen LogP contribution in [0.1, 0.15) is 29.2 Å². The quantitative estimate of drug-likeness (QED) is 0.879. The average Bonchev–Trinajstić information content (AvgIpc) is 2.93. The van der Waals surface area contributed by atoms with Crippen LogP contribution in [0.2, 0.25) is 0 Å². The summed E-state index contributed by atoms with van der Waals surface area (Å²) in [5.41, 5.74) is 6.16. The molecular weight excluding hydrogens is 268 g/mol. The highest BCUT2D eigenvalue weighted by atomic mass is 16.3. The Hall–Kier alpha value is -2.50. The molecule has 2 aromatic rings. The lowest BCUT2D eigenvalue weighted by molar-refractivity contribution is 0.0689. The lowest BCUT2D eigenvalue weighted by Gasteiger charge is -2.32. The Balaban J connectivity index is 1.64. The van der Waals surface area contributed by atoms with Gasteiger partial charge in [-0.2, -0.15) is 5.10 Å². The number of hydrogen-bond donors (Lipinski definition) is 2. The summed E-state index contributed by atoms with van der Waals surface area (Å²) in [5, 5.41) is 13.7. The van der Waals surface area contributed by atoms with Crippen molar-refractivity contribution in [2.45, 2.75) is 18.9 Å². The third kappa shape index (κ3) is 2.84. The molecular formula is C15H18N4O2. The molecule has 0 atom stereocenters. The molecule has 1 saturated heterocycles. The van der Waals surface area contributed by atoms with Gasteiger partial charge in [-0.1, -0.05) is 6.07 Å². The molecule has 2 heterocycles. The Morgan fingerprint density at radius 2 is 2.05 bits per heavy atom. The third-order valence-electron chi connectivity index (χ3n) is 3.85. The smallest absolute Gasteiger partial charge is 0.253 e. The van der Waals surface area contributed by atoms with E-state index < -0.39 is 0 Å². The van der Waals surface area contributed by atoms with E-state index >= 15 is 0 Å². The molecule has 1 fully saturated rings. The van der Waals surface area contributed by atoms with Crippen LogP contribution in [0.3, 0.4) is 0 Å². The van der Waals surface area contributed by atoms with Gasteiger partial charge in [-0.15, -0.1) is 0 Å². The van der Waals surface area contributed by atoms with E-state index in [1.54, 1.807) is 24.3 Å². The number of piperidine rings is 1. The molecule has 1 aromatic carbocycles. The molecule has 3 rings (SSSR count). The number of benzene rings is 1. The molecule has 0 saturated carbocycles. The lowest BCUT2D eigenvalue weighted by Crippen LogP contribution is -2.39. The molecule has 0 bridgehead atoms. The SMILES string of the molecule is Nc1ccn(C2CCN(C(=O)c3cccc(O)c3)CC2)n1. The summed E-state index contributed by atoms with van der Waals surface area (Å²) < 4.78 is 1.88. The highest BCUT2D eigenvalue weighted by Crippen LogP contribution is 2.24. The number of nitrogen functional groups attached to an aromatic ring is 1. The van der Waals surface area contributed by atoms with E-state index in [-0.39, 0.29) is 17.7 Å². The van der Waals surface area contributed by atoms with Gasteiger partial charge in [0.15, 0.2) is 0 Å². The number of rotatable bonds is 2. The Bertz CT molecular complexity index is 645. The summed E-state index contributed by atoms with van der Waals surface area (Å²) in [6.45, 7) is 1.36. The molecule has 3 N–H and O–H groups in total. The van der Waals surface area contributed by atoms with Crippen molar-refractivity contribution in [2.75, 3.05) is 18.8 Å². The number of nitrogens with two attached hydrogens (primary N) is 1. The van der Waals surface area contributed by atoms with E-state index in [0.29, 0.717) is 24.5 Å². The van der Waals surface area contributed by atoms with Crippen molar-refractivity contribution < 1.29 is 9.90 Å². The number of aromatic hydroxyl groups is 1. The number of phenolic OH excluding ortho intramolecular Hbond substituents is 1. The molecule has 1 amide bonds. The summed E-state index contributed by atoms with van der Waals surface area (Å²) in [5.74, 6) is 0.598. The molecule has 1 aliphatic heterocycles. The molecule has 0 radical (unpaired) electrons. The number of aromatic nitrogens is 2. The van der Waals surface area contributed by atoms with Gasteiger partial charge in [0.2, 0.25) is 0 Å². The molecule has 1 aromatic heterocycles. The van der Waals surface area contributed by atoms with Crippen LogP contribution in [0.5, 0.6) is 5.75 Å². The van der Waals surface area contributed by atoms with Crippen LogP contribution in [-0.4, -0.2) is 38.8 Å². The van der Waals surface area contributed by atoms with Crippen LogP contribution in [0.4, 0.5) is 5.82 Å². The summed E-state index contributed by atoms with van der Waals surface area (Å²) in [6, 6.07) is 8.54. The molecule has 1 aliphatic rings. The fraction of sp³-hybridized carbons (Fsp3) is 0.333. The zero-order chi connectivity index (χ0) is 14.8. The minimum atomic E-state index is -0.0377. The van der Waals surface area contributed by atoms with Crippen LogP contribution in [0, 0.1) is 0 Å². The number of phenols is 1. The first-order chi connectivity index (χ1) is 10.1.